The number of ether oxygens (including phenoxy) is 2. The molecule has 1 heterocycles. The van der Waals surface area contributed by atoms with Crippen LogP contribution in [0.3, 0.4) is 0 Å². The van der Waals surface area contributed by atoms with Crippen LogP contribution in [0.25, 0.3) is 0 Å². The summed E-state index contributed by atoms with van der Waals surface area (Å²) in [6.07, 6.45) is 2.73. The molecule has 1 aliphatic rings. The number of esters is 1. The summed E-state index contributed by atoms with van der Waals surface area (Å²) < 4.78 is 9.82. The van der Waals surface area contributed by atoms with Gasteiger partial charge in [-0.25, -0.2) is 4.79 Å². The topological polar surface area (TPSA) is 67.9 Å². The van der Waals surface area contributed by atoms with Crippen molar-refractivity contribution >= 4 is 12.0 Å². The molecule has 2 rings (SSSR count). The molecule has 2 amide bonds. The smallest absolute Gasteiger partial charge is 0.317 e. The lowest BCUT2D eigenvalue weighted by atomic mass is 10.00. The van der Waals surface area contributed by atoms with E-state index in [0.717, 1.165) is 24.2 Å². The molecule has 1 aromatic carbocycles. The third-order valence-corrected chi connectivity index (χ3v) is 4.02. The minimum absolute atomic E-state index is 0.0588. The Morgan fingerprint density at radius 2 is 2.04 bits per heavy atom. The van der Waals surface area contributed by atoms with E-state index >= 15 is 0 Å². The molecule has 0 radical (unpaired) electrons. The SMILES string of the molecule is COC(=O)CCCCNC(=O)N1CCc2ccc(OC)cc2C1. The van der Waals surface area contributed by atoms with Crippen molar-refractivity contribution in [2.45, 2.75) is 32.2 Å². The molecule has 0 bridgehead atoms. The van der Waals surface area contributed by atoms with Crippen LogP contribution in [0.2, 0.25) is 0 Å². The van der Waals surface area contributed by atoms with E-state index in [4.69, 9.17) is 4.74 Å². The van der Waals surface area contributed by atoms with Crippen LogP contribution >= 0.6 is 0 Å². The zero-order chi connectivity index (χ0) is 16.7. The predicted octanol–water partition coefficient (Wildman–Crippen LogP) is 2.11. The highest BCUT2D eigenvalue weighted by Crippen LogP contribution is 2.23. The van der Waals surface area contributed by atoms with Crippen LogP contribution in [0.5, 0.6) is 5.75 Å². The molecule has 0 atom stereocenters. The summed E-state index contributed by atoms with van der Waals surface area (Å²) in [5.74, 6) is 0.603. The standard InChI is InChI=1S/C17H24N2O4/c1-22-15-7-6-13-8-10-19(12-14(13)11-15)17(21)18-9-4-3-5-16(20)23-2/h6-7,11H,3-5,8-10,12H2,1-2H3,(H,18,21). The molecule has 23 heavy (non-hydrogen) atoms. The average molecular weight is 320 g/mol. The molecule has 1 aliphatic heterocycles. The second-order valence-electron chi connectivity index (χ2n) is 5.57. The van der Waals surface area contributed by atoms with Gasteiger partial charge in [-0.15, -0.1) is 0 Å². The second kappa shape index (κ2) is 8.41. The normalized spacial score (nSPS) is 13.2. The highest BCUT2D eigenvalue weighted by Gasteiger charge is 2.20. The fraction of sp³-hybridized carbons (Fsp3) is 0.529. The molecule has 1 N–H and O–H groups in total. The van der Waals surface area contributed by atoms with Crippen molar-refractivity contribution in [2.75, 3.05) is 27.3 Å². The fourth-order valence-electron chi connectivity index (χ4n) is 2.64. The number of amides is 2. The van der Waals surface area contributed by atoms with Crippen molar-refractivity contribution in [3.8, 4) is 5.75 Å². The van der Waals surface area contributed by atoms with Crippen LogP contribution in [0.4, 0.5) is 4.79 Å². The number of hydrogen-bond donors (Lipinski definition) is 1. The van der Waals surface area contributed by atoms with Gasteiger partial charge in [0, 0.05) is 26.1 Å². The zero-order valence-electron chi connectivity index (χ0n) is 13.8. The molecule has 0 saturated carbocycles. The molecule has 126 valence electrons. The van der Waals surface area contributed by atoms with Crippen molar-refractivity contribution in [1.82, 2.24) is 10.2 Å². The van der Waals surface area contributed by atoms with Gasteiger partial charge in [0.1, 0.15) is 5.75 Å². The number of fused-ring (bicyclic) bond motifs is 1. The predicted molar refractivity (Wildman–Crippen MR) is 86.4 cm³/mol. The average Bonchev–Trinajstić information content (AvgIpc) is 2.59. The van der Waals surface area contributed by atoms with Crippen LogP contribution < -0.4 is 10.1 Å². The number of hydrogen-bond acceptors (Lipinski definition) is 4. The van der Waals surface area contributed by atoms with Gasteiger partial charge in [-0.05, 0) is 42.5 Å². The number of nitrogens with zero attached hydrogens (tertiary/aromatic N) is 1. The quantitative estimate of drug-likeness (QED) is 0.644. The van der Waals surface area contributed by atoms with Gasteiger partial charge in [-0.1, -0.05) is 6.07 Å². The first-order chi connectivity index (χ1) is 11.1. The lowest BCUT2D eigenvalue weighted by molar-refractivity contribution is -0.140. The molecular weight excluding hydrogens is 296 g/mol. The van der Waals surface area contributed by atoms with E-state index in [9.17, 15) is 9.59 Å². The molecule has 0 spiro atoms. The molecule has 0 fully saturated rings. The Balaban J connectivity index is 1.76. The van der Waals surface area contributed by atoms with Crippen molar-refractivity contribution in [3.63, 3.8) is 0 Å². The molecule has 6 heteroatoms. The van der Waals surface area contributed by atoms with E-state index in [1.165, 1.54) is 12.7 Å². The Labute approximate surface area is 136 Å². The maximum Gasteiger partial charge on any atom is 0.317 e. The molecule has 0 saturated heterocycles. The summed E-state index contributed by atoms with van der Waals surface area (Å²) in [6.45, 7) is 1.88. The lowest BCUT2D eigenvalue weighted by Crippen LogP contribution is -2.43. The van der Waals surface area contributed by atoms with Gasteiger partial charge in [0.15, 0.2) is 0 Å². The first kappa shape index (κ1) is 17.1. The maximum absolute atomic E-state index is 12.2. The highest BCUT2D eigenvalue weighted by atomic mass is 16.5. The number of carbonyl (C=O) groups excluding carboxylic acids is 2. The highest BCUT2D eigenvalue weighted by molar-refractivity contribution is 5.74. The van der Waals surface area contributed by atoms with Crippen LogP contribution in [0, 0.1) is 0 Å². The van der Waals surface area contributed by atoms with E-state index in [-0.39, 0.29) is 12.0 Å². The summed E-state index contributed by atoms with van der Waals surface area (Å²) in [7, 11) is 3.02. The summed E-state index contributed by atoms with van der Waals surface area (Å²) in [4.78, 5) is 25.0. The van der Waals surface area contributed by atoms with Crippen LogP contribution in [-0.2, 0) is 22.5 Å². The van der Waals surface area contributed by atoms with E-state index in [1.54, 1.807) is 7.11 Å². The number of methoxy groups -OCH3 is 2. The first-order valence-electron chi connectivity index (χ1n) is 7.89. The minimum Gasteiger partial charge on any atom is -0.497 e. The second-order valence-corrected chi connectivity index (χ2v) is 5.57. The summed E-state index contributed by atoms with van der Waals surface area (Å²) in [6, 6.07) is 5.95. The number of urea groups is 1. The van der Waals surface area contributed by atoms with Gasteiger partial charge < -0.3 is 19.7 Å². The number of carbonyl (C=O) groups is 2. The lowest BCUT2D eigenvalue weighted by Gasteiger charge is -2.29. The van der Waals surface area contributed by atoms with E-state index < -0.39 is 0 Å². The summed E-state index contributed by atoms with van der Waals surface area (Å²) in [5, 5.41) is 2.91. The molecule has 0 aliphatic carbocycles. The minimum atomic E-state index is -0.210. The van der Waals surface area contributed by atoms with Gasteiger partial charge in [0.25, 0.3) is 0 Å². The number of benzene rings is 1. The Morgan fingerprint density at radius 3 is 2.78 bits per heavy atom. The molecular formula is C17H24N2O4. The monoisotopic (exact) mass is 320 g/mol. The van der Waals surface area contributed by atoms with Gasteiger partial charge in [0.05, 0.1) is 14.2 Å². The Morgan fingerprint density at radius 1 is 1.22 bits per heavy atom. The van der Waals surface area contributed by atoms with Gasteiger partial charge in [0.2, 0.25) is 0 Å². The number of nitrogens with one attached hydrogen (secondary N) is 1. The van der Waals surface area contributed by atoms with E-state index in [1.807, 2.05) is 17.0 Å². The molecule has 0 unspecified atom stereocenters. The first-order valence-corrected chi connectivity index (χ1v) is 7.89. The third-order valence-electron chi connectivity index (χ3n) is 4.02. The van der Waals surface area contributed by atoms with E-state index in [2.05, 4.69) is 16.1 Å². The van der Waals surface area contributed by atoms with Crippen molar-refractivity contribution in [1.29, 1.82) is 0 Å². The third kappa shape index (κ3) is 4.87. The maximum atomic E-state index is 12.2. The van der Waals surface area contributed by atoms with Crippen LogP contribution in [0.15, 0.2) is 18.2 Å². The molecule has 6 nitrogen and oxygen atoms in total. The van der Waals surface area contributed by atoms with Crippen LogP contribution in [-0.4, -0.2) is 44.2 Å². The van der Waals surface area contributed by atoms with Crippen LogP contribution in [0.1, 0.15) is 30.4 Å². The Kier molecular flexibility index (Phi) is 6.26. The van der Waals surface area contributed by atoms with Crippen molar-refractivity contribution < 1.29 is 19.1 Å². The van der Waals surface area contributed by atoms with Crippen molar-refractivity contribution in [3.05, 3.63) is 29.3 Å². The van der Waals surface area contributed by atoms with Crippen molar-refractivity contribution in [2.24, 2.45) is 0 Å². The summed E-state index contributed by atoms with van der Waals surface area (Å²) in [5.41, 5.74) is 2.41. The van der Waals surface area contributed by atoms with Gasteiger partial charge >= 0.3 is 12.0 Å². The van der Waals surface area contributed by atoms with Gasteiger partial charge in [-0.3, -0.25) is 4.79 Å². The van der Waals surface area contributed by atoms with Gasteiger partial charge in [-0.2, -0.15) is 0 Å². The van der Waals surface area contributed by atoms with E-state index in [0.29, 0.717) is 32.5 Å². The zero-order valence-corrected chi connectivity index (χ0v) is 13.8. The fourth-order valence-corrected chi connectivity index (χ4v) is 2.64. The summed E-state index contributed by atoms with van der Waals surface area (Å²) >= 11 is 0. The number of unbranched alkanes of at least 4 members (excludes halogenated alkanes) is 1. The Hall–Kier alpha value is -2.24. The largest absolute Gasteiger partial charge is 0.497 e. The molecule has 1 aromatic rings. The number of rotatable bonds is 6. The molecule has 0 aromatic heterocycles. The Bertz CT molecular complexity index is 560.